The molecular formula is C13H20N2O3. The molecule has 100 valence electrons. The third-order valence-corrected chi connectivity index (χ3v) is 2.41. The zero-order valence-corrected chi connectivity index (χ0v) is 10.9. The van der Waals surface area contributed by atoms with Crippen molar-refractivity contribution in [3.05, 3.63) is 18.2 Å². The number of carbonyl (C=O) groups excluding carboxylic acids is 1. The largest absolute Gasteiger partial charge is 0.495 e. The number of ether oxygens (including phenoxy) is 2. The van der Waals surface area contributed by atoms with Gasteiger partial charge in [-0.25, -0.2) is 0 Å². The molecule has 0 heterocycles. The van der Waals surface area contributed by atoms with Gasteiger partial charge in [0.25, 0.3) is 0 Å². The Balaban J connectivity index is 2.42. The highest BCUT2D eigenvalue weighted by atomic mass is 16.5. The molecule has 0 fully saturated rings. The summed E-state index contributed by atoms with van der Waals surface area (Å²) in [7, 11) is 1.55. The Morgan fingerprint density at radius 1 is 1.44 bits per heavy atom. The normalized spacial score (nSPS) is 10.1. The van der Waals surface area contributed by atoms with Crippen LogP contribution in [0.15, 0.2) is 18.2 Å². The molecule has 0 radical (unpaired) electrons. The molecule has 5 nitrogen and oxygen atoms in total. The van der Waals surface area contributed by atoms with Crippen LogP contribution in [0.1, 0.15) is 19.8 Å². The van der Waals surface area contributed by atoms with Gasteiger partial charge in [-0.1, -0.05) is 0 Å². The van der Waals surface area contributed by atoms with Gasteiger partial charge in [0.15, 0.2) is 0 Å². The fourth-order valence-electron chi connectivity index (χ4n) is 1.51. The highest BCUT2D eigenvalue weighted by Crippen LogP contribution is 2.24. The molecule has 0 saturated carbocycles. The van der Waals surface area contributed by atoms with Gasteiger partial charge in [0.2, 0.25) is 5.91 Å². The Bertz CT molecular complexity index is 394. The molecule has 0 aromatic heterocycles. The number of methoxy groups -OCH3 is 1. The Morgan fingerprint density at radius 2 is 2.22 bits per heavy atom. The molecule has 1 rings (SSSR count). The van der Waals surface area contributed by atoms with Crippen molar-refractivity contribution in [3.63, 3.8) is 0 Å². The van der Waals surface area contributed by atoms with Crippen LogP contribution >= 0.6 is 0 Å². The van der Waals surface area contributed by atoms with E-state index in [1.807, 2.05) is 6.92 Å². The van der Waals surface area contributed by atoms with E-state index in [1.165, 1.54) is 0 Å². The number of benzene rings is 1. The third kappa shape index (κ3) is 4.63. The molecule has 0 aliphatic carbocycles. The minimum atomic E-state index is -0.0423. The van der Waals surface area contributed by atoms with Crippen LogP contribution in [0, 0.1) is 0 Å². The molecular weight excluding hydrogens is 232 g/mol. The minimum Gasteiger partial charge on any atom is -0.495 e. The number of nitrogens with one attached hydrogen (secondary N) is 1. The standard InChI is InChI=1S/C13H20N2O3/c1-3-18-8-4-5-13(16)15-10-6-7-12(17-2)11(14)9-10/h6-7,9H,3-5,8,14H2,1-2H3,(H,15,16). The number of hydrogen-bond acceptors (Lipinski definition) is 4. The molecule has 0 unspecified atom stereocenters. The van der Waals surface area contributed by atoms with E-state index in [1.54, 1.807) is 25.3 Å². The van der Waals surface area contributed by atoms with Gasteiger partial charge in [-0.3, -0.25) is 4.79 Å². The first-order valence-electron chi connectivity index (χ1n) is 5.98. The van der Waals surface area contributed by atoms with Crippen molar-refractivity contribution < 1.29 is 14.3 Å². The molecule has 3 N–H and O–H groups in total. The van der Waals surface area contributed by atoms with E-state index in [0.717, 1.165) is 0 Å². The molecule has 1 aromatic rings. The summed E-state index contributed by atoms with van der Waals surface area (Å²) in [5.41, 5.74) is 6.93. The van der Waals surface area contributed by atoms with Crippen LogP contribution in [0.25, 0.3) is 0 Å². The summed E-state index contributed by atoms with van der Waals surface area (Å²) in [6, 6.07) is 5.17. The van der Waals surface area contributed by atoms with Crippen LogP contribution in [-0.4, -0.2) is 26.2 Å². The first-order valence-corrected chi connectivity index (χ1v) is 5.98. The van der Waals surface area contributed by atoms with Crippen molar-refractivity contribution in [1.29, 1.82) is 0 Å². The van der Waals surface area contributed by atoms with Gasteiger partial charge in [-0.15, -0.1) is 0 Å². The minimum absolute atomic E-state index is 0.0423. The summed E-state index contributed by atoms with van der Waals surface area (Å²) >= 11 is 0. The Kier molecular flexibility index (Phi) is 6.00. The topological polar surface area (TPSA) is 73.6 Å². The number of rotatable bonds is 7. The first kappa shape index (κ1) is 14.3. The van der Waals surface area contributed by atoms with Gasteiger partial charge >= 0.3 is 0 Å². The lowest BCUT2D eigenvalue weighted by atomic mass is 10.2. The molecule has 18 heavy (non-hydrogen) atoms. The fraction of sp³-hybridized carbons (Fsp3) is 0.462. The summed E-state index contributed by atoms with van der Waals surface area (Å²) in [5.74, 6) is 0.559. The zero-order valence-electron chi connectivity index (χ0n) is 10.9. The first-order chi connectivity index (χ1) is 8.67. The summed E-state index contributed by atoms with van der Waals surface area (Å²) in [4.78, 5) is 11.6. The quantitative estimate of drug-likeness (QED) is 0.575. The molecule has 0 aliphatic heterocycles. The number of amides is 1. The van der Waals surface area contributed by atoms with E-state index in [9.17, 15) is 4.79 Å². The SMILES string of the molecule is CCOCCCC(=O)Nc1ccc(OC)c(N)c1. The van der Waals surface area contributed by atoms with Crippen molar-refractivity contribution in [2.24, 2.45) is 0 Å². The monoisotopic (exact) mass is 252 g/mol. The second kappa shape index (κ2) is 7.55. The predicted molar refractivity (Wildman–Crippen MR) is 71.8 cm³/mol. The maximum atomic E-state index is 11.6. The van der Waals surface area contributed by atoms with Crippen LogP contribution in [0.2, 0.25) is 0 Å². The highest BCUT2D eigenvalue weighted by molar-refractivity contribution is 5.91. The number of hydrogen-bond donors (Lipinski definition) is 2. The molecule has 1 aromatic carbocycles. The molecule has 0 aliphatic rings. The van der Waals surface area contributed by atoms with Crippen LogP contribution in [0.5, 0.6) is 5.75 Å². The van der Waals surface area contributed by atoms with E-state index in [4.69, 9.17) is 15.2 Å². The van der Waals surface area contributed by atoms with E-state index in [2.05, 4.69) is 5.32 Å². The van der Waals surface area contributed by atoms with Crippen molar-refractivity contribution in [1.82, 2.24) is 0 Å². The number of nitrogens with two attached hydrogens (primary N) is 1. The lowest BCUT2D eigenvalue weighted by molar-refractivity contribution is -0.116. The maximum absolute atomic E-state index is 11.6. The zero-order chi connectivity index (χ0) is 13.4. The van der Waals surface area contributed by atoms with Crippen molar-refractivity contribution in [2.75, 3.05) is 31.4 Å². The molecule has 5 heteroatoms. The predicted octanol–water partition coefficient (Wildman–Crippen LogP) is 2.03. The fourth-order valence-corrected chi connectivity index (χ4v) is 1.51. The summed E-state index contributed by atoms with van der Waals surface area (Å²) in [6.45, 7) is 3.21. The number of carbonyl (C=O) groups is 1. The number of nitrogen functional groups attached to an aromatic ring is 1. The van der Waals surface area contributed by atoms with Crippen LogP contribution in [0.3, 0.4) is 0 Å². The van der Waals surface area contributed by atoms with Crippen molar-refractivity contribution in [2.45, 2.75) is 19.8 Å². The van der Waals surface area contributed by atoms with Gasteiger partial charge in [0.05, 0.1) is 12.8 Å². The van der Waals surface area contributed by atoms with Gasteiger partial charge in [0.1, 0.15) is 5.75 Å². The molecule has 0 spiro atoms. The molecule has 0 bridgehead atoms. The third-order valence-electron chi connectivity index (χ3n) is 2.41. The van der Waals surface area contributed by atoms with E-state index >= 15 is 0 Å². The van der Waals surface area contributed by atoms with Gasteiger partial charge in [-0.05, 0) is 31.5 Å². The van der Waals surface area contributed by atoms with Crippen LogP contribution in [-0.2, 0) is 9.53 Å². The van der Waals surface area contributed by atoms with E-state index in [-0.39, 0.29) is 5.91 Å². The second-order valence-corrected chi connectivity index (χ2v) is 3.81. The Morgan fingerprint density at radius 3 is 2.83 bits per heavy atom. The summed E-state index contributed by atoms with van der Waals surface area (Å²) in [6.07, 6.45) is 1.15. The average Bonchev–Trinajstić information content (AvgIpc) is 2.35. The van der Waals surface area contributed by atoms with Crippen LogP contribution in [0.4, 0.5) is 11.4 Å². The van der Waals surface area contributed by atoms with Crippen LogP contribution < -0.4 is 15.8 Å². The van der Waals surface area contributed by atoms with Crippen molar-refractivity contribution in [3.8, 4) is 5.75 Å². The molecule has 0 atom stereocenters. The van der Waals surface area contributed by atoms with E-state index < -0.39 is 0 Å². The summed E-state index contributed by atoms with van der Waals surface area (Å²) < 4.78 is 10.2. The lowest BCUT2D eigenvalue weighted by Gasteiger charge is -2.08. The van der Waals surface area contributed by atoms with Gasteiger partial charge in [0, 0.05) is 25.3 Å². The van der Waals surface area contributed by atoms with Gasteiger partial charge < -0.3 is 20.5 Å². The molecule has 0 saturated heterocycles. The lowest BCUT2D eigenvalue weighted by Crippen LogP contribution is -2.12. The smallest absolute Gasteiger partial charge is 0.224 e. The Hall–Kier alpha value is -1.75. The van der Waals surface area contributed by atoms with E-state index in [0.29, 0.717) is 43.2 Å². The highest BCUT2D eigenvalue weighted by Gasteiger charge is 2.04. The average molecular weight is 252 g/mol. The molecule has 1 amide bonds. The summed E-state index contributed by atoms with van der Waals surface area (Å²) in [5, 5.41) is 2.78. The maximum Gasteiger partial charge on any atom is 0.224 e. The Labute approximate surface area is 107 Å². The number of anilines is 2. The van der Waals surface area contributed by atoms with Crippen molar-refractivity contribution >= 4 is 17.3 Å². The second-order valence-electron chi connectivity index (χ2n) is 3.81. The van der Waals surface area contributed by atoms with Gasteiger partial charge in [-0.2, -0.15) is 0 Å².